The van der Waals surface area contributed by atoms with Crippen molar-refractivity contribution < 1.29 is 14.2 Å². The molecule has 0 bridgehead atoms. The molecule has 1 aliphatic carbocycles. The molecule has 1 N–H and O–H groups in total. The summed E-state index contributed by atoms with van der Waals surface area (Å²) in [5, 5.41) is 0. The Balaban J connectivity index is 1.57. The van der Waals surface area contributed by atoms with E-state index in [1.807, 2.05) is 30.0 Å². The van der Waals surface area contributed by atoms with E-state index in [1.54, 1.807) is 12.1 Å². The number of benzene rings is 2. The molecule has 1 unspecified atom stereocenters. The van der Waals surface area contributed by atoms with E-state index in [0.717, 1.165) is 16.2 Å². The lowest BCUT2D eigenvalue weighted by Gasteiger charge is -2.18. The van der Waals surface area contributed by atoms with Crippen LogP contribution in [0, 0.1) is 0 Å². The summed E-state index contributed by atoms with van der Waals surface area (Å²) < 4.78 is 5.82. The maximum atomic E-state index is 11.9. The Morgan fingerprint density at radius 1 is 1.07 bits per heavy atom. The number of carbonyl (C=O) groups excluding carboxylic acids is 1. The second-order valence-electron chi connectivity index (χ2n) is 6.74. The number of carbonyl (C=O) groups is 1. The highest BCUT2D eigenvalue weighted by Crippen LogP contribution is 2.59. The van der Waals surface area contributed by atoms with Gasteiger partial charge in [-0.3, -0.25) is 4.79 Å². The van der Waals surface area contributed by atoms with Gasteiger partial charge >= 0.3 is 0 Å². The van der Waals surface area contributed by atoms with E-state index in [2.05, 4.69) is 19.1 Å². The Morgan fingerprint density at radius 2 is 1.82 bits per heavy atom. The Bertz CT molecular complexity index is 868. The fourth-order valence-electron chi connectivity index (χ4n) is 3.14. The van der Waals surface area contributed by atoms with Crippen molar-refractivity contribution in [2.45, 2.75) is 55.2 Å². The summed E-state index contributed by atoms with van der Waals surface area (Å²) in [5.74, 6) is 1.80. The predicted octanol–water partition coefficient (Wildman–Crippen LogP) is 6.88. The molecule has 1 atom stereocenters. The summed E-state index contributed by atoms with van der Waals surface area (Å²) in [4.78, 5) is 24.7. The molecule has 2 aromatic rings. The molecule has 0 saturated carbocycles. The minimum Gasteiger partial charge on any atom is -0.436 e. The van der Waals surface area contributed by atoms with Crippen LogP contribution in [0.4, 0.5) is 0 Å². The van der Waals surface area contributed by atoms with Crippen LogP contribution >= 0.6 is 28.8 Å². The summed E-state index contributed by atoms with van der Waals surface area (Å²) in [5.41, 5.74) is -1.55. The maximum Gasteiger partial charge on any atom is 0.299 e. The van der Waals surface area contributed by atoms with Gasteiger partial charge < -0.3 is 9.42 Å². The molecule has 0 spiro atoms. The lowest BCUT2D eigenvalue weighted by atomic mass is 10.1. The molecule has 0 aromatic heterocycles. The third-order valence-corrected chi connectivity index (χ3v) is 9.24. The molecule has 0 aliphatic heterocycles. The third kappa shape index (κ3) is 6.11. The highest BCUT2D eigenvalue weighted by Gasteiger charge is 2.26. The molecule has 0 amide bonds. The summed E-state index contributed by atoms with van der Waals surface area (Å²) in [6.45, 7) is 2.22. The highest BCUT2D eigenvalue weighted by molar-refractivity contribution is 8.67. The Morgan fingerprint density at radius 3 is 2.57 bits per heavy atom. The van der Waals surface area contributed by atoms with E-state index in [-0.39, 0.29) is 5.78 Å². The van der Waals surface area contributed by atoms with Gasteiger partial charge in [0.25, 0.3) is 5.69 Å². The van der Waals surface area contributed by atoms with Gasteiger partial charge in [-0.2, -0.15) is 0 Å². The monoisotopic (exact) mass is 452 g/mol. The first-order chi connectivity index (χ1) is 13.5. The molecule has 0 heterocycles. The molecule has 1 aliphatic rings. The zero-order chi connectivity index (χ0) is 20.0. The first kappa shape index (κ1) is 21.9. The van der Waals surface area contributed by atoms with Crippen LogP contribution in [0.15, 0.2) is 52.3 Å². The van der Waals surface area contributed by atoms with E-state index < -0.39 is 5.69 Å². The van der Waals surface area contributed by atoms with Crippen molar-refractivity contribution in [3.63, 3.8) is 0 Å². The van der Waals surface area contributed by atoms with Crippen LogP contribution < -0.4 is 4.52 Å². The van der Waals surface area contributed by atoms with Gasteiger partial charge in [0.2, 0.25) is 0 Å². The largest absolute Gasteiger partial charge is 0.436 e. The Labute approximate surface area is 180 Å². The lowest BCUT2D eigenvalue weighted by molar-refractivity contribution is 0.0994. The smallest absolute Gasteiger partial charge is 0.299 e. The molecule has 0 fully saturated rings. The first-order valence-electron chi connectivity index (χ1n) is 9.58. The van der Waals surface area contributed by atoms with Crippen LogP contribution in [0.5, 0.6) is 5.75 Å². The maximum absolute atomic E-state index is 11.9. The lowest BCUT2D eigenvalue weighted by Crippen LogP contribution is -1.95. The molecular weight excluding hydrogens is 427 g/mol. The van der Waals surface area contributed by atoms with Gasteiger partial charge in [-0.15, -0.1) is 11.8 Å². The molecule has 28 heavy (non-hydrogen) atoms. The van der Waals surface area contributed by atoms with E-state index in [1.165, 1.54) is 42.0 Å². The van der Waals surface area contributed by atoms with Crippen molar-refractivity contribution in [1.82, 2.24) is 0 Å². The summed E-state index contributed by atoms with van der Waals surface area (Å²) in [6.07, 6.45) is 6.23. The van der Waals surface area contributed by atoms with Crippen LogP contribution in [0.2, 0.25) is 0 Å². The fourth-order valence-corrected chi connectivity index (χ4v) is 7.56. The van der Waals surface area contributed by atoms with E-state index in [0.29, 0.717) is 24.2 Å². The number of rotatable bonds is 10. The van der Waals surface area contributed by atoms with Crippen LogP contribution in [0.3, 0.4) is 0 Å². The summed E-state index contributed by atoms with van der Waals surface area (Å²) in [7, 11) is 0. The second kappa shape index (κ2) is 10.3. The number of unbranched alkanes of at least 4 members (excludes halogenated alkanes) is 3. The van der Waals surface area contributed by atoms with Gasteiger partial charge in [0, 0.05) is 27.3 Å². The van der Waals surface area contributed by atoms with E-state index in [4.69, 9.17) is 16.3 Å². The number of hydrogen-bond acceptors (Lipinski definition) is 5. The van der Waals surface area contributed by atoms with Crippen molar-refractivity contribution >= 4 is 46.4 Å². The third-order valence-electron chi connectivity index (χ3n) is 4.56. The molecular formula is C21H25O3PS3. The summed E-state index contributed by atoms with van der Waals surface area (Å²) >= 11 is 8.43. The van der Waals surface area contributed by atoms with Crippen LogP contribution in [-0.4, -0.2) is 16.4 Å². The number of Topliss-reactive ketones (excluding diaryl/α,β-unsaturated/α-hetero) is 1. The molecule has 7 heteroatoms. The van der Waals surface area contributed by atoms with Crippen molar-refractivity contribution in [2.24, 2.45) is 0 Å². The van der Waals surface area contributed by atoms with Crippen molar-refractivity contribution in [3.05, 3.63) is 53.6 Å². The molecule has 3 rings (SSSR count). The quantitative estimate of drug-likeness (QED) is 0.241. The molecule has 150 valence electrons. The standard InChI is InChI=1S/C21H25O3PS3/c1-2-3-4-5-15-27-16-9-11-17(12-10-16)28-25(23,26)24-21-8-6-7-18-19(21)13-14-20(18)22/h6-12H,2-5,13-15H2,1H3,(H,23,26). The Kier molecular flexibility index (Phi) is 8.07. The first-order valence-corrected chi connectivity index (χ1v) is 14.7. The van der Waals surface area contributed by atoms with Crippen LogP contribution in [0.25, 0.3) is 0 Å². The highest BCUT2D eigenvalue weighted by atomic mass is 32.9. The molecule has 3 nitrogen and oxygen atoms in total. The number of hydrogen-bond donors (Lipinski definition) is 1. The average Bonchev–Trinajstić information content (AvgIpc) is 3.05. The minimum absolute atomic E-state index is 0.127. The molecule has 0 radical (unpaired) electrons. The van der Waals surface area contributed by atoms with Gasteiger partial charge in [0.15, 0.2) is 5.78 Å². The summed E-state index contributed by atoms with van der Waals surface area (Å²) in [6, 6.07) is 13.5. The van der Waals surface area contributed by atoms with Crippen LogP contribution in [-0.2, 0) is 18.2 Å². The van der Waals surface area contributed by atoms with Gasteiger partial charge in [0.05, 0.1) is 0 Å². The van der Waals surface area contributed by atoms with E-state index >= 15 is 0 Å². The zero-order valence-electron chi connectivity index (χ0n) is 15.9. The van der Waals surface area contributed by atoms with Gasteiger partial charge in [-0.25, -0.2) is 0 Å². The van der Waals surface area contributed by atoms with E-state index in [9.17, 15) is 9.69 Å². The second-order valence-corrected chi connectivity index (χ2v) is 13.9. The average molecular weight is 453 g/mol. The van der Waals surface area contributed by atoms with Crippen molar-refractivity contribution in [2.75, 3.05) is 5.75 Å². The Hall–Kier alpha value is -0.780. The van der Waals surface area contributed by atoms with Crippen LogP contribution in [0.1, 0.15) is 54.9 Å². The van der Waals surface area contributed by atoms with Gasteiger partial charge in [-0.05, 0) is 72.1 Å². The van der Waals surface area contributed by atoms with Gasteiger partial charge in [0.1, 0.15) is 5.75 Å². The molecule has 2 aromatic carbocycles. The van der Waals surface area contributed by atoms with Crippen molar-refractivity contribution in [1.29, 1.82) is 0 Å². The number of ketones is 1. The fraction of sp³-hybridized carbons (Fsp3) is 0.381. The van der Waals surface area contributed by atoms with Crippen molar-refractivity contribution in [3.8, 4) is 5.75 Å². The molecule has 0 saturated heterocycles. The zero-order valence-corrected chi connectivity index (χ0v) is 19.3. The minimum atomic E-state index is -3.11. The SMILES string of the molecule is CCCCCCSc1ccc(SP(O)(=S)Oc2cccc3c2CCC3=O)cc1. The topological polar surface area (TPSA) is 46.5 Å². The normalized spacial score (nSPS) is 15.3. The number of thioether (sulfide) groups is 1. The van der Waals surface area contributed by atoms with Gasteiger partial charge in [-0.1, -0.05) is 38.3 Å². The number of fused-ring (bicyclic) bond motifs is 1. The predicted molar refractivity (Wildman–Crippen MR) is 123 cm³/mol.